The van der Waals surface area contributed by atoms with Crippen molar-refractivity contribution in [1.82, 2.24) is 9.80 Å². The fourth-order valence-corrected chi connectivity index (χ4v) is 2.35. The first kappa shape index (κ1) is 14.6. The normalized spacial score (nSPS) is 18.1. The van der Waals surface area contributed by atoms with Gasteiger partial charge < -0.3 is 19.0 Å². The third-order valence-electron chi connectivity index (χ3n) is 3.65. The third kappa shape index (κ3) is 3.39. The molecule has 0 aromatic carbocycles. The summed E-state index contributed by atoms with van der Waals surface area (Å²) in [6, 6.07) is 3.93. The van der Waals surface area contributed by atoms with Crippen LogP contribution in [0.4, 0.5) is 0 Å². The summed E-state index contributed by atoms with van der Waals surface area (Å²) >= 11 is 0. The summed E-state index contributed by atoms with van der Waals surface area (Å²) in [6.07, 6.45) is 3.52. The summed E-state index contributed by atoms with van der Waals surface area (Å²) in [4.78, 5) is 20.2. The average molecular weight is 279 g/mol. The molecule has 20 heavy (non-hydrogen) atoms. The molecule has 6 heteroatoms. The van der Waals surface area contributed by atoms with Gasteiger partial charge in [0, 0.05) is 13.1 Å². The molecule has 1 aromatic heterocycles. The summed E-state index contributed by atoms with van der Waals surface area (Å²) < 4.78 is 10.3. The van der Waals surface area contributed by atoms with E-state index in [1.807, 2.05) is 11.9 Å². The van der Waals surface area contributed by atoms with Crippen LogP contribution in [0.25, 0.3) is 0 Å². The van der Waals surface area contributed by atoms with Crippen molar-refractivity contribution in [3.63, 3.8) is 0 Å². The van der Waals surface area contributed by atoms with E-state index < -0.39 is 5.91 Å². The van der Waals surface area contributed by atoms with Gasteiger partial charge in [-0.15, -0.1) is 0 Å². The van der Waals surface area contributed by atoms with Gasteiger partial charge in [0.2, 0.25) is 0 Å². The molecule has 1 aliphatic heterocycles. The Morgan fingerprint density at radius 1 is 1.50 bits per heavy atom. The number of rotatable bonds is 2. The monoisotopic (exact) mass is 279 g/mol. The summed E-state index contributed by atoms with van der Waals surface area (Å²) in [5, 5.41) is 0. The molecular weight excluding hydrogens is 258 g/mol. The number of hydrogen-bond acceptors (Lipinski definition) is 4. The van der Waals surface area contributed by atoms with E-state index in [1.54, 1.807) is 12.1 Å². The molecule has 1 fully saturated rings. The van der Waals surface area contributed by atoms with Crippen LogP contribution in [0.1, 0.15) is 23.4 Å². The lowest BCUT2D eigenvalue weighted by Crippen LogP contribution is -2.45. The van der Waals surface area contributed by atoms with Crippen molar-refractivity contribution in [2.75, 3.05) is 34.3 Å². The molecule has 0 aliphatic carbocycles. The number of hydrogen-bond donors (Lipinski definition) is 0. The van der Waals surface area contributed by atoms with Gasteiger partial charge in [-0.25, -0.2) is 0 Å². The minimum atomic E-state index is -0.424. The van der Waals surface area contributed by atoms with Gasteiger partial charge in [0.15, 0.2) is 5.76 Å². The topological polar surface area (TPSA) is 58.3 Å². The highest BCUT2D eigenvalue weighted by Crippen LogP contribution is 2.15. The molecule has 0 bridgehead atoms. The second-order valence-electron chi connectivity index (χ2n) is 5.03. The number of amides is 1. The Morgan fingerprint density at radius 3 is 2.75 bits per heavy atom. The van der Waals surface area contributed by atoms with Crippen molar-refractivity contribution >= 4 is 11.9 Å². The van der Waals surface area contributed by atoms with Crippen molar-refractivity contribution < 1.29 is 13.9 Å². The van der Waals surface area contributed by atoms with Crippen LogP contribution in [0, 0.1) is 0 Å². The first-order valence-corrected chi connectivity index (χ1v) is 6.73. The van der Waals surface area contributed by atoms with Gasteiger partial charge in [-0.1, -0.05) is 0 Å². The smallest absolute Gasteiger partial charge is 0.317 e. The predicted octanol–water partition coefficient (Wildman–Crippen LogP) is 1.45. The maximum Gasteiger partial charge on any atom is 0.317 e. The largest absolute Gasteiger partial charge is 0.468 e. The van der Waals surface area contributed by atoms with Crippen molar-refractivity contribution in [2.45, 2.75) is 18.9 Å². The van der Waals surface area contributed by atoms with E-state index in [9.17, 15) is 4.79 Å². The number of furan rings is 1. The molecule has 0 N–H and O–H groups in total. The lowest BCUT2D eigenvalue weighted by atomic mass is 10.0. The Labute approximate surface area is 119 Å². The number of ether oxygens (including phenoxy) is 1. The molecule has 1 aromatic rings. The molecule has 110 valence electrons. The molecular formula is C14H21N3O3. The van der Waals surface area contributed by atoms with Crippen LogP contribution in [-0.2, 0) is 4.74 Å². The number of methoxy groups -OCH3 is 1. The second kappa shape index (κ2) is 6.56. The first-order chi connectivity index (χ1) is 9.61. The van der Waals surface area contributed by atoms with Crippen LogP contribution in [0.3, 0.4) is 0 Å². The number of aliphatic imine (C=N–C) groups is 1. The fourth-order valence-electron chi connectivity index (χ4n) is 2.35. The quantitative estimate of drug-likeness (QED) is 0.606. The Kier molecular flexibility index (Phi) is 4.79. The summed E-state index contributed by atoms with van der Waals surface area (Å²) in [6.45, 7) is 2.08. The van der Waals surface area contributed by atoms with Crippen LogP contribution >= 0.6 is 0 Å². The maximum atomic E-state index is 11.9. The Morgan fingerprint density at radius 2 is 2.20 bits per heavy atom. The van der Waals surface area contributed by atoms with Crippen LogP contribution < -0.4 is 0 Å². The number of amidine groups is 1. The van der Waals surface area contributed by atoms with Gasteiger partial charge >= 0.3 is 5.91 Å². The highest BCUT2D eigenvalue weighted by atomic mass is 16.5. The van der Waals surface area contributed by atoms with E-state index in [0.717, 1.165) is 25.9 Å². The van der Waals surface area contributed by atoms with Crippen LogP contribution in [0.15, 0.2) is 27.8 Å². The predicted molar refractivity (Wildman–Crippen MR) is 75.8 cm³/mol. The van der Waals surface area contributed by atoms with Gasteiger partial charge in [0.1, 0.15) is 0 Å². The molecule has 6 nitrogen and oxygen atoms in total. The molecule has 1 aliphatic rings. The van der Waals surface area contributed by atoms with E-state index >= 15 is 0 Å². The maximum absolute atomic E-state index is 11.9. The molecule has 1 saturated heterocycles. The van der Waals surface area contributed by atoms with E-state index in [2.05, 4.69) is 16.9 Å². The highest BCUT2D eigenvalue weighted by Gasteiger charge is 2.24. The highest BCUT2D eigenvalue weighted by molar-refractivity contribution is 5.99. The van der Waals surface area contributed by atoms with Crippen molar-refractivity contribution in [2.24, 2.45) is 4.99 Å². The summed E-state index contributed by atoms with van der Waals surface area (Å²) in [5.74, 6) is -0.206. The first-order valence-electron chi connectivity index (χ1n) is 6.73. The fraction of sp³-hybridized carbons (Fsp3) is 0.571. The molecule has 2 heterocycles. The number of piperidine rings is 1. The zero-order chi connectivity index (χ0) is 14.5. The number of carbonyl (C=O) groups is 1. The summed E-state index contributed by atoms with van der Waals surface area (Å²) in [5.41, 5.74) is 0. The van der Waals surface area contributed by atoms with E-state index in [-0.39, 0.29) is 5.76 Å². The van der Waals surface area contributed by atoms with Crippen LogP contribution in [-0.4, -0.2) is 62.1 Å². The third-order valence-corrected chi connectivity index (χ3v) is 3.65. The number of likely N-dealkylation sites (tertiary alicyclic amines) is 1. The van der Waals surface area contributed by atoms with Gasteiger partial charge in [-0.3, -0.25) is 4.79 Å². The Bertz CT molecular complexity index is 462. The van der Waals surface area contributed by atoms with Gasteiger partial charge in [0.25, 0.3) is 6.02 Å². The lowest BCUT2D eigenvalue weighted by Gasteiger charge is -2.35. The summed E-state index contributed by atoms with van der Waals surface area (Å²) in [7, 11) is 5.55. The standard InChI is InChI=1S/C14H21N3O3/c1-16-8-6-11(7-9-16)17(2)14(19-3)15-13(18)12-5-4-10-20-12/h4-5,10-11H,6-9H2,1-3H3. The molecule has 2 rings (SSSR count). The minimum absolute atomic E-state index is 0.219. The van der Waals surface area contributed by atoms with E-state index in [1.165, 1.54) is 13.4 Å². The Hall–Kier alpha value is -1.82. The number of carbonyl (C=O) groups excluding carboxylic acids is 1. The van der Waals surface area contributed by atoms with Crippen molar-refractivity contribution in [3.05, 3.63) is 24.2 Å². The van der Waals surface area contributed by atoms with E-state index in [4.69, 9.17) is 9.15 Å². The molecule has 0 saturated carbocycles. The van der Waals surface area contributed by atoms with Crippen LogP contribution in [0.2, 0.25) is 0 Å². The molecule has 0 atom stereocenters. The van der Waals surface area contributed by atoms with Gasteiger partial charge in [-0.2, -0.15) is 4.99 Å². The van der Waals surface area contributed by atoms with Crippen molar-refractivity contribution in [1.29, 1.82) is 0 Å². The van der Waals surface area contributed by atoms with Gasteiger partial charge in [-0.05, 0) is 45.1 Å². The molecule has 0 spiro atoms. The second-order valence-corrected chi connectivity index (χ2v) is 5.03. The SMILES string of the molecule is COC(=NC(=O)c1ccco1)N(C)C1CCN(C)CC1. The van der Waals surface area contributed by atoms with Crippen LogP contribution in [0.5, 0.6) is 0 Å². The van der Waals surface area contributed by atoms with Crippen molar-refractivity contribution in [3.8, 4) is 0 Å². The molecule has 0 radical (unpaired) electrons. The lowest BCUT2D eigenvalue weighted by molar-refractivity contribution is 0.0966. The Balaban J connectivity index is 2.05. The average Bonchev–Trinajstić information content (AvgIpc) is 2.99. The molecule has 0 unspecified atom stereocenters. The zero-order valence-corrected chi connectivity index (χ0v) is 12.2. The van der Waals surface area contributed by atoms with Gasteiger partial charge in [0.05, 0.1) is 13.4 Å². The minimum Gasteiger partial charge on any atom is -0.468 e. The molecule has 1 amide bonds. The van der Waals surface area contributed by atoms with E-state index in [0.29, 0.717) is 12.1 Å². The zero-order valence-electron chi connectivity index (χ0n) is 12.2. The number of nitrogens with zero attached hydrogens (tertiary/aromatic N) is 3.